The molecule has 0 aliphatic carbocycles. The van der Waals surface area contributed by atoms with Crippen LogP contribution >= 0.6 is 0 Å². The Balaban J connectivity index is 1.60. The van der Waals surface area contributed by atoms with Gasteiger partial charge in [-0.2, -0.15) is 10.1 Å². The molecular formula is C18H20N4O3. The van der Waals surface area contributed by atoms with Gasteiger partial charge in [0.05, 0.1) is 5.69 Å². The third-order valence-corrected chi connectivity index (χ3v) is 3.57. The van der Waals surface area contributed by atoms with Crippen LogP contribution in [-0.2, 0) is 17.8 Å². The van der Waals surface area contributed by atoms with Crippen LogP contribution in [0.1, 0.15) is 41.6 Å². The Labute approximate surface area is 145 Å². The average molecular weight is 340 g/mol. The number of nitrogens with one attached hydrogen (secondary N) is 1. The molecular weight excluding hydrogens is 320 g/mol. The maximum Gasteiger partial charge on any atom is 0.356 e. The molecule has 0 radical (unpaired) electrons. The predicted molar refractivity (Wildman–Crippen MR) is 90.7 cm³/mol. The van der Waals surface area contributed by atoms with E-state index in [0.717, 1.165) is 17.5 Å². The van der Waals surface area contributed by atoms with E-state index < -0.39 is 5.97 Å². The van der Waals surface area contributed by atoms with Gasteiger partial charge in [0.15, 0.2) is 12.4 Å². The number of benzene rings is 1. The van der Waals surface area contributed by atoms with E-state index in [1.165, 1.54) is 0 Å². The first-order valence-corrected chi connectivity index (χ1v) is 8.12. The van der Waals surface area contributed by atoms with Crippen LogP contribution in [0.4, 0.5) is 0 Å². The standard InChI is InChI=1S/C18H20N4O3/c1-11(2)8-16-19-17(25-22-16)10-24-18(23)15-9-14(20-21-15)13-6-4-12(3)5-7-13/h4-7,9,11H,8,10H2,1-3H3,(H,20,21). The number of aryl methyl sites for hydroxylation is 1. The maximum absolute atomic E-state index is 12.1. The fraction of sp³-hybridized carbons (Fsp3) is 0.333. The summed E-state index contributed by atoms with van der Waals surface area (Å²) < 4.78 is 10.3. The summed E-state index contributed by atoms with van der Waals surface area (Å²) >= 11 is 0. The summed E-state index contributed by atoms with van der Waals surface area (Å²) in [7, 11) is 0. The van der Waals surface area contributed by atoms with Crippen molar-refractivity contribution in [3.05, 3.63) is 53.3 Å². The quantitative estimate of drug-likeness (QED) is 0.692. The van der Waals surface area contributed by atoms with Crippen molar-refractivity contribution in [2.75, 3.05) is 0 Å². The van der Waals surface area contributed by atoms with Crippen molar-refractivity contribution in [3.8, 4) is 11.3 Å². The van der Waals surface area contributed by atoms with Crippen LogP contribution in [0.3, 0.4) is 0 Å². The number of carbonyl (C=O) groups excluding carboxylic acids is 1. The fourth-order valence-electron chi connectivity index (χ4n) is 2.30. The summed E-state index contributed by atoms with van der Waals surface area (Å²) in [6.07, 6.45) is 0.720. The first-order chi connectivity index (χ1) is 12.0. The van der Waals surface area contributed by atoms with Gasteiger partial charge in [-0.1, -0.05) is 48.8 Å². The lowest BCUT2D eigenvalue weighted by atomic mass is 10.1. The van der Waals surface area contributed by atoms with Crippen LogP contribution < -0.4 is 0 Å². The summed E-state index contributed by atoms with van der Waals surface area (Å²) in [5.74, 6) is 0.805. The molecule has 0 aliphatic rings. The lowest BCUT2D eigenvalue weighted by Crippen LogP contribution is -2.06. The molecule has 7 nitrogen and oxygen atoms in total. The van der Waals surface area contributed by atoms with Crippen LogP contribution in [0.15, 0.2) is 34.9 Å². The van der Waals surface area contributed by atoms with Gasteiger partial charge < -0.3 is 9.26 Å². The molecule has 0 bridgehead atoms. The van der Waals surface area contributed by atoms with Gasteiger partial charge in [-0.25, -0.2) is 4.79 Å². The Morgan fingerprint density at radius 1 is 1.28 bits per heavy atom. The third kappa shape index (κ3) is 4.32. The van der Waals surface area contributed by atoms with Crippen LogP contribution in [0, 0.1) is 12.8 Å². The zero-order valence-electron chi connectivity index (χ0n) is 14.4. The van der Waals surface area contributed by atoms with Crippen LogP contribution in [0.25, 0.3) is 11.3 Å². The van der Waals surface area contributed by atoms with Crippen LogP contribution in [0.2, 0.25) is 0 Å². The van der Waals surface area contributed by atoms with Crippen LogP contribution in [0.5, 0.6) is 0 Å². The minimum atomic E-state index is -0.519. The number of carbonyl (C=O) groups is 1. The van der Waals surface area contributed by atoms with E-state index in [1.54, 1.807) is 6.07 Å². The number of hydrogen-bond donors (Lipinski definition) is 1. The van der Waals surface area contributed by atoms with E-state index in [9.17, 15) is 4.79 Å². The largest absolute Gasteiger partial charge is 0.451 e. The molecule has 3 aromatic rings. The van der Waals surface area contributed by atoms with E-state index in [1.807, 2.05) is 31.2 Å². The van der Waals surface area contributed by atoms with Crippen molar-refractivity contribution in [1.29, 1.82) is 0 Å². The molecule has 0 unspecified atom stereocenters. The molecule has 0 saturated carbocycles. The van der Waals surface area contributed by atoms with Crippen LogP contribution in [-0.4, -0.2) is 26.3 Å². The normalized spacial score (nSPS) is 11.0. The second-order valence-electron chi connectivity index (χ2n) is 6.31. The zero-order valence-corrected chi connectivity index (χ0v) is 14.4. The van der Waals surface area contributed by atoms with Gasteiger partial charge in [-0.3, -0.25) is 5.10 Å². The number of esters is 1. The number of ether oxygens (including phenoxy) is 1. The highest BCUT2D eigenvalue weighted by molar-refractivity contribution is 5.88. The van der Waals surface area contributed by atoms with Gasteiger partial charge in [0.1, 0.15) is 5.69 Å². The minimum Gasteiger partial charge on any atom is -0.451 e. The first kappa shape index (κ1) is 16.9. The topological polar surface area (TPSA) is 93.9 Å². The zero-order chi connectivity index (χ0) is 17.8. The highest BCUT2D eigenvalue weighted by atomic mass is 16.6. The molecule has 0 aliphatic heterocycles. The molecule has 2 aromatic heterocycles. The summed E-state index contributed by atoms with van der Waals surface area (Å²) in [5.41, 5.74) is 3.05. The summed E-state index contributed by atoms with van der Waals surface area (Å²) in [6, 6.07) is 9.55. The molecule has 2 heterocycles. The molecule has 3 rings (SSSR count). The number of H-pyrrole nitrogens is 1. The summed E-state index contributed by atoms with van der Waals surface area (Å²) in [4.78, 5) is 16.3. The molecule has 1 N–H and O–H groups in total. The summed E-state index contributed by atoms with van der Waals surface area (Å²) in [5, 5.41) is 10.7. The second kappa shape index (κ2) is 7.29. The Hall–Kier alpha value is -2.96. The van der Waals surface area contributed by atoms with E-state index in [0.29, 0.717) is 17.4 Å². The Bertz CT molecular complexity index is 849. The molecule has 1 aromatic carbocycles. The van der Waals surface area contributed by atoms with Crippen molar-refractivity contribution in [3.63, 3.8) is 0 Å². The number of hydrogen-bond acceptors (Lipinski definition) is 6. The van der Waals surface area contributed by atoms with Crippen molar-refractivity contribution >= 4 is 5.97 Å². The van der Waals surface area contributed by atoms with Crippen molar-refractivity contribution < 1.29 is 14.1 Å². The molecule has 0 saturated heterocycles. The maximum atomic E-state index is 12.1. The Morgan fingerprint density at radius 2 is 2.04 bits per heavy atom. The smallest absolute Gasteiger partial charge is 0.356 e. The third-order valence-electron chi connectivity index (χ3n) is 3.57. The minimum absolute atomic E-state index is 0.0667. The van der Waals surface area contributed by atoms with Crippen molar-refractivity contribution in [2.24, 2.45) is 5.92 Å². The van der Waals surface area contributed by atoms with Crippen molar-refractivity contribution in [1.82, 2.24) is 20.3 Å². The van der Waals surface area contributed by atoms with E-state index in [4.69, 9.17) is 9.26 Å². The lowest BCUT2D eigenvalue weighted by Gasteiger charge is -1.98. The lowest BCUT2D eigenvalue weighted by molar-refractivity contribution is 0.0423. The Morgan fingerprint density at radius 3 is 2.76 bits per heavy atom. The van der Waals surface area contributed by atoms with Gasteiger partial charge >= 0.3 is 5.97 Å². The second-order valence-corrected chi connectivity index (χ2v) is 6.31. The molecule has 0 fully saturated rings. The molecule has 130 valence electrons. The molecule has 0 atom stereocenters. The number of aromatic amines is 1. The van der Waals surface area contributed by atoms with Gasteiger partial charge in [0, 0.05) is 12.0 Å². The van der Waals surface area contributed by atoms with Gasteiger partial charge in [-0.15, -0.1) is 0 Å². The van der Waals surface area contributed by atoms with Gasteiger partial charge in [0.25, 0.3) is 5.89 Å². The first-order valence-electron chi connectivity index (χ1n) is 8.12. The highest BCUT2D eigenvalue weighted by Crippen LogP contribution is 2.18. The summed E-state index contributed by atoms with van der Waals surface area (Å²) in [6.45, 7) is 6.09. The average Bonchev–Trinajstić information content (AvgIpc) is 3.22. The van der Waals surface area contributed by atoms with E-state index >= 15 is 0 Å². The number of aromatic nitrogens is 4. The molecule has 7 heteroatoms. The number of rotatable bonds is 6. The molecule has 25 heavy (non-hydrogen) atoms. The van der Waals surface area contributed by atoms with E-state index in [2.05, 4.69) is 34.2 Å². The van der Waals surface area contributed by atoms with E-state index in [-0.39, 0.29) is 18.2 Å². The number of nitrogens with zero attached hydrogens (tertiary/aromatic N) is 3. The Kier molecular flexibility index (Phi) is 4.92. The highest BCUT2D eigenvalue weighted by Gasteiger charge is 2.15. The fourth-order valence-corrected chi connectivity index (χ4v) is 2.30. The predicted octanol–water partition coefficient (Wildman–Crippen LogP) is 3.32. The monoisotopic (exact) mass is 340 g/mol. The van der Waals surface area contributed by atoms with Gasteiger partial charge in [-0.05, 0) is 18.9 Å². The molecule has 0 spiro atoms. The van der Waals surface area contributed by atoms with Gasteiger partial charge in [0.2, 0.25) is 0 Å². The SMILES string of the molecule is Cc1ccc(-c2cc(C(=O)OCc3nc(CC(C)C)no3)[nH]n2)cc1. The molecule has 0 amide bonds. The van der Waals surface area contributed by atoms with Crippen molar-refractivity contribution in [2.45, 2.75) is 33.8 Å².